The fourth-order valence-electron chi connectivity index (χ4n) is 4.85. The summed E-state index contributed by atoms with van der Waals surface area (Å²) in [7, 11) is 5.83. The number of nitrogens with one attached hydrogen (secondary N) is 2. The van der Waals surface area contributed by atoms with E-state index in [-0.39, 0.29) is 30.1 Å². The molecule has 1 aromatic heterocycles. The lowest BCUT2D eigenvalue weighted by Gasteiger charge is -2.36. The highest BCUT2D eigenvalue weighted by Gasteiger charge is 2.31. The number of amides is 1. The number of hydrogen-bond acceptors (Lipinski definition) is 9. The number of benzene rings is 2. The van der Waals surface area contributed by atoms with E-state index in [4.69, 9.17) is 32.7 Å². The fraction of sp³-hybridized carbons (Fsp3) is 0.370. The Bertz CT molecular complexity index is 1330. The lowest BCUT2D eigenvalue weighted by atomic mass is 10.1. The number of piperazine rings is 1. The minimum atomic E-state index is -0.335. The van der Waals surface area contributed by atoms with Crippen molar-refractivity contribution in [1.29, 1.82) is 0 Å². The van der Waals surface area contributed by atoms with E-state index in [1.165, 1.54) is 22.3 Å². The van der Waals surface area contributed by atoms with E-state index in [0.29, 0.717) is 28.3 Å². The standard InChI is InChI=1S/C27H31Cl2N7O3/c1-34(2)13-17-11-18(7-8-23(17)35-10-9-30-19(14-35)15-38-3)32-27-31-12-20-25(33-27)39-16-36(26(20)37)24-21(28)5-4-6-22(24)29/h4-8,11-12,19,30H,9-10,13-16H2,1-3H3,(H,31,32,33). The average molecular weight is 572 g/mol. The molecule has 206 valence electrons. The van der Waals surface area contributed by atoms with Crippen molar-refractivity contribution in [2.75, 3.05) is 69.3 Å². The van der Waals surface area contributed by atoms with E-state index in [1.54, 1.807) is 25.3 Å². The Morgan fingerprint density at radius 1 is 1.23 bits per heavy atom. The summed E-state index contributed by atoms with van der Waals surface area (Å²) in [5, 5.41) is 7.49. The largest absolute Gasteiger partial charge is 0.455 e. The van der Waals surface area contributed by atoms with Gasteiger partial charge >= 0.3 is 0 Å². The number of rotatable bonds is 8. The van der Waals surface area contributed by atoms with Crippen LogP contribution in [0.5, 0.6) is 5.88 Å². The topological polar surface area (TPSA) is 95.1 Å². The summed E-state index contributed by atoms with van der Waals surface area (Å²) < 4.78 is 11.2. The van der Waals surface area contributed by atoms with Crippen LogP contribution >= 0.6 is 23.2 Å². The molecular weight excluding hydrogens is 541 g/mol. The SMILES string of the molecule is COCC1CN(c2ccc(Nc3ncc4c(n3)OCN(c3c(Cl)cccc3Cl)C4=O)cc2CN(C)C)CCN1. The van der Waals surface area contributed by atoms with Gasteiger partial charge in [-0.15, -0.1) is 0 Å². The van der Waals surface area contributed by atoms with Crippen molar-refractivity contribution in [3.8, 4) is 5.88 Å². The zero-order valence-corrected chi connectivity index (χ0v) is 23.6. The van der Waals surface area contributed by atoms with Crippen LogP contribution in [0.15, 0.2) is 42.6 Å². The smallest absolute Gasteiger partial charge is 0.268 e. The van der Waals surface area contributed by atoms with Crippen molar-refractivity contribution in [3.63, 3.8) is 0 Å². The summed E-state index contributed by atoms with van der Waals surface area (Å²) in [6, 6.07) is 11.6. The van der Waals surface area contributed by atoms with E-state index in [2.05, 4.69) is 56.6 Å². The number of para-hydroxylation sites is 1. The molecule has 0 saturated carbocycles. The van der Waals surface area contributed by atoms with Gasteiger partial charge in [-0.25, -0.2) is 4.98 Å². The lowest BCUT2D eigenvalue weighted by molar-refractivity contribution is 0.0932. The third kappa shape index (κ3) is 6.05. The second kappa shape index (κ2) is 11.9. The molecule has 3 heterocycles. The number of halogens is 2. The molecule has 0 aliphatic carbocycles. The Labute approximate surface area is 237 Å². The molecule has 3 aromatic rings. The number of nitrogens with zero attached hydrogens (tertiary/aromatic N) is 5. The Hall–Kier alpha value is -3.15. The predicted octanol–water partition coefficient (Wildman–Crippen LogP) is 4.01. The molecule has 0 radical (unpaired) electrons. The molecule has 2 aliphatic rings. The molecule has 0 bridgehead atoms. The number of ether oxygens (including phenoxy) is 2. The van der Waals surface area contributed by atoms with Crippen LogP contribution < -0.4 is 25.2 Å². The lowest BCUT2D eigenvalue weighted by Crippen LogP contribution is -2.52. The van der Waals surface area contributed by atoms with Gasteiger partial charge < -0.3 is 29.9 Å². The molecule has 1 atom stereocenters. The van der Waals surface area contributed by atoms with Crippen LogP contribution in [0, 0.1) is 0 Å². The minimum Gasteiger partial charge on any atom is -0.455 e. The van der Waals surface area contributed by atoms with Crippen molar-refractivity contribution in [3.05, 3.63) is 63.8 Å². The molecular formula is C27H31Cl2N7O3. The van der Waals surface area contributed by atoms with Crippen LogP contribution in [0.4, 0.5) is 23.0 Å². The average Bonchev–Trinajstić information content (AvgIpc) is 2.90. The van der Waals surface area contributed by atoms with Crippen LogP contribution in [0.25, 0.3) is 0 Å². The normalized spacial score (nSPS) is 17.3. The molecule has 2 N–H and O–H groups in total. The van der Waals surface area contributed by atoms with Crippen LogP contribution in [0.3, 0.4) is 0 Å². The predicted molar refractivity (Wildman–Crippen MR) is 154 cm³/mol. The van der Waals surface area contributed by atoms with Gasteiger partial charge in [0.1, 0.15) is 5.56 Å². The van der Waals surface area contributed by atoms with E-state index in [9.17, 15) is 4.79 Å². The first-order valence-corrected chi connectivity index (χ1v) is 13.4. The van der Waals surface area contributed by atoms with E-state index in [1.807, 2.05) is 6.07 Å². The first-order valence-electron chi connectivity index (χ1n) is 12.6. The molecule has 1 fully saturated rings. The molecule has 2 aromatic carbocycles. The van der Waals surface area contributed by atoms with Gasteiger partial charge in [0.2, 0.25) is 11.8 Å². The maximum atomic E-state index is 13.2. The summed E-state index contributed by atoms with van der Waals surface area (Å²) in [4.78, 5) is 28.0. The molecule has 1 saturated heterocycles. The summed E-state index contributed by atoms with van der Waals surface area (Å²) in [5.74, 6) is 0.196. The molecule has 10 nitrogen and oxygen atoms in total. The van der Waals surface area contributed by atoms with Crippen molar-refractivity contribution in [2.24, 2.45) is 0 Å². The maximum absolute atomic E-state index is 13.2. The van der Waals surface area contributed by atoms with Crippen molar-refractivity contribution >= 4 is 52.1 Å². The zero-order chi connectivity index (χ0) is 27.5. The summed E-state index contributed by atoms with van der Waals surface area (Å²) in [5.41, 5.74) is 3.84. The minimum absolute atomic E-state index is 0.0673. The van der Waals surface area contributed by atoms with Gasteiger partial charge in [-0.2, -0.15) is 4.98 Å². The third-order valence-electron chi connectivity index (χ3n) is 6.55. The summed E-state index contributed by atoms with van der Waals surface area (Å²) >= 11 is 12.6. The van der Waals surface area contributed by atoms with Gasteiger partial charge in [0.25, 0.3) is 5.91 Å². The van der Waals surface area contributed by atoms with Crippen molar-refractivity contribution in [2.45, 2.75) is 12.6 Å². The van der Waals surface area contributed by atoms with E-state index in [0.717, 1.165) is 31.9 Å². The summed E-state index contributed by atoms with van der Waals surface area (Å²) in [6.45, 7) is 4.06. The molecule has 0 spiro atoms. The van der Waals surface area contributed by atoms with Crippen molar-refractivity contribution < 1.29 is 14.3 Å². The van der Waals surface area contributed by atoms with Gasteiger partial charge in [-0.3, -0.25) is 9.69 Å². The Morgan fingerprint density at radius 3 is 2.77 bits per heavy atom. The quantitative estimate of drug-likeness (QED) is 0.415. The number of carbonyl (C=O) groups is 1. The van der Waals surface area contributed by atoms with Crippen molar-refractivity contribution in [1.82, 2.24) is 20.2 Å². The Kier molecular flexibility index (Phi) is 8.39. The van der Waals surface area contributed by atoms with Gasteiger partial charge in [-0.05, 0) is 50.0 Å². The highest BCUT2D eigenvalue weighted by molar-refractivity contribution is 6.40. The number of fused-ring (bicyclic) bond motifs is 1. The molecule has 1 unspecified atom stereocenters. The van der Waals surface area contributed by atoms with E-state index >= 15 is 0 Å². The Balaban J connectivity index is 1.36. The highest BCUT2D eigenvalue weighted by Crippen LogP contribution is 2.37. The van der Waals surface area contributed by atoms with Gasteiger partial charge in [0.15, 0.2) is 6.73 Å². The second-order valence-corrected chi connectivity index (χ2v) is 10.6. The third-order valence-corrected chi connectivity index (χ3v) is 7.16. The first kappa shape index (κ1) is 27.4. The Morgan fingerprint density at radius 2 is 2.03 bits per heavy atom. The molecule has 1 amide bonds. The number of anilines is 4. The molecule has 39 heavy (non-hydrogen) atoms. The molecule has 12 heteroatoms. The van der Waals surface area contributed by atoms with Gasteiger partial charge in [-0.1, -0.05) is 29.3 Å². The zero-order valence-electron chi connectivity index (χ0n) is 22.1. The number of aromatic nitrogens is 2. The van der Waals surface area contributed by atoms with E-state index < -0.39 is 0 Å². The second-order valence-electron chi connectivity index (χ2n) is 9.75. The van der Waals surface area contributed by atoms with Crippen LogP contribution in [-0.4, -0.2) is 81.0 Å². The number of hydrogen-bond donors (Lipinski definition) is 2. The monoisotopic (exact) mass is 571 g/mol. The molecule has 2 aliphatic heterocycles. The first-order chi connectivity index (χ1) is 18.8. The van der Waals surface area contributed by atoms with Crippen LogP contribution in [-0.2, 0) is 11.3 Å². The van der Waals surface area contributed by atoms with Crippen LogP contribution in [0.1, 0.15) is 15.9 Å². The fourth-order valence-corrected chi connectivity index (χ4v) is 5.45. The number of methoxy groups -OCH3 is 1. The van der Waals surface area contributed by atoms with Gasteiger partial charge in [0, 0.05) is 56.9 Å². The molecule has 5 rings (SSSR count). The maximum Gasteiger partial charge on any atom is 0.268 e. The summed E-state index contributed by atoms with van der Waals surface area (Å²) in [6.07, 6.45) is 1.45. The number of carbonyl (C=O) groups excluding carboxylic acids is 1. The van der Waals surface area contributed by atoms with Crippen LogP contribution in [0.2, 0.25) is 10.0 Å². The van der Waals surface area contributed by atoms with Gasteiger partial charge in [0.05, 0.1) is 22.3 Å². The highest BCUT2D eigenvalue weighted by atomic mass is 35.5.